The van der Waals surface area contributed by atoms with Crippen LogP contribution in [0.3, 0.4) is 0 Å². The number of carbonyl (C=O) groups excluding carboxylic acids is 1. The molecule has 0 fully saturated rings. The molecule has 0 saturated heterocycles. The molecule has 0 radical (unpaired) electrons. The molecular formula is C14H13N5O. The molecule has 2 N–H and O–H groups in total. The van der Waals surface area contributed by atoms with Crippen molar-refractivity contribution >= 4 is 23.2 Å². The van der Waals surface area contributed by atoms with Gasteiger partial charge in [0.05, 0.1) is 11.6 Å². The van der Waals surface area contributed by atoms with Crippen LogP contribution in [0.5, 0.6) is 0 Å². The Hall–Kier alpha value is -2.94. The SMILES string of the molecule is CCC(=O)Nc1ccc(Nc2ccc(C#N)cc2)nn1. The van der Waals surface area contributed by atoms with Crippen LogP contribution < -0.4 is 10.6 Å². The van der Waals surface area contributed by atoms with E-state index in [4.69, 9.17) is 5.26 Å². The first-order chi connectivity index (χ1) is 9.71. The van der Waals surface area contributed by atoms with Crippen LogP contribution >= 0.6 is 0 Å². The predicted molar refractivity (Wildman–Crippen MR) is 75.4 cm³/mol. The number of nitrogens with zero attached hydrogens (tertiary/aromatic N) is 3. The number of hydrogen-bond donors (Lipinski definition) is 2. The molecule has 2 aromatic rings. The lowest BCUT2D eigenvalue weighted by Gasteiger charge is -2.06. The van der Waals surface area contributed by atoms with Crippen molar-refractivity contribution in [2.24, 2.45) is 0 Å². The van der Waals surface area contributed by atoms with E-state index in [1.54, 1.807) is 43.3 Å². The number of amides is 1. The van der Waals surface area contributed by atoms with Crippen molar-refractivity contribution in [1.29, 1.82) is 5.26 Å². The van der Waals surface area contributed by atoms with Gasteiger partial charge in [-0.15, -0.1) is 10.2 Å². The van der Waals surface area contributed by atoms with E-state index < -0.39 is 0 Å². The lowest BCUT2D eigenvalue weighted by atomic mass is 10.2. The molecule has 1 aromatic heterocycles. The fourth-order valence-electron chi connectivity index (χ4n) is 1.47. The zero-order valence-corrected chi connectivity index (χ0v) is 10.9. The average Bonchev–Trinajstić information content (AvgIpc) is 2.50. The van der Waals surface area contributed by atoms with Gasteiger partial charge >= 0.3 is 0 Å². The molecule has 0 aliphatic heterocycles. The van der Waals surface area contributed by atoms with Crippen LogP contribution in [0, 0.1) is 11.3 Å². The molecule has 0 unspecified atom stereocenters. The number of hydrogen-bond acceptors (Lipinski definition) is 5. The fourth-order valence-corrected chi connectivity index (χ4v) is 1.47. The van der Waals surface area contributed by atoms with Gasteiger partial charge in [-0.3, -0.25) is 4.79 Å². The van der Waals surface area contributed by atoms with Gasteiger partial charge in [0.25, 0.3) is 0 Å². The van der Waals surface area contributed by atoms with Gasteiger partial charge in [0, 0.05) is 12.1 Å². The molecule has 20 heavy (non-hydrogen) atoms. The van der Waals surface area contributed by atoms with Crippen LogP contribution in [0.2, 0.25) is 0 Å². The summed E-state index contributed by atoms with van der Waals surface area (Å²) >= 11 is 0. The Morgan fingerprint density at radius 1 is 1.15 bits per heavy atom. The summed E-state index contributed by atoms with van der Waals surface area (Å²) in [6.45, 7) is 1.77. The van der Waals surface area contributed by atoms with Crippen LogP contribution in [0.25, 0.3) is 0 Å². The van der Waals surface area contributed by atoms with E-state index in [1.807, 2.05) is 0 Å². The standard InChI is InChI=1S/C14H13N5O/c1-2-14(20)17-13-8-7-12(18-19-13)16-11-5-3-10(9-15)4-6-11/h3-8H,2H2,1H3,(H,16,18)(H,17,19,20). The number of anilines is 3. The number of nitriles is 1. The number of rotatable bonds is 4. The molecule has 2 rings (SSSR count). The number of nitrogens with one attached hydrogen (secondary N) is 2. The summed E-state index contributed by atoms with van der Waals surface area (Å²) in [5.74, 6) is 0.874. The minimum atomic E-state index is -0.105. The number of benzene rings is 1. The fraction of sp³-hybridized carbons (Fsp3) is 0.143. The van der Waals surface area contributed by atoms with Gasteiger partial charge in [-0.25, -0.2) is 0 Å². The Morgan fingerprint density at radius 3 is 2.35 bits per heavy atom. The first kappa shape index (κ1) is 13.5. The van der Waals surface area contributed by atoms with Gasteiger partial charge in [-0.1, -0.05) is 6.92 Å². The third kappa shape index (κ3) is 3.53. The summed E-state index contributed by atoms with van der Waals surface area (Å²) in [6, 6.07) is 12.4. The Kier molecular flexibility index (Phi) is 4.24. The highest BCUT2D eigenvalue weighted by Gasteiger charge is 2.02. The second-order valence-corrected chi connectivity index (χ2v) is 4.02. The van der Waals surface area contributed by atoms with Gasteiger partial charge in [0.1, 0.15) is 0 Å². The second-order valence-electron chi connectivity index (χ2n) is 4.02. The number of aromatic nitrogens is 2. The van der Waals surface area contributed by atoms with Crippen molar-refractivity contribution in [3.63, 3.8) is 0 Å². The molecule has 0 bridgehead atoms. The summed E-state index contributed by atoms with van der Waals surface area (Å²) in [4.78, 5) is 11.2. The maximum absolute atomic E-state index is 11.2. The third-order valence-corrected chi connectivity index (χ3v) is 2.54. The molecule has 6 nitrogen and oxygen atoms in total. The topological polar surface area (TPSA) is 90.7 Å². The van der Waals surface area contributed by atoms with E-state index in [1.165, 1.54) is 0 Å². The molecule has 6 heteroatoms. The largest absolute Gasteiger partial charge is 0.339 e. The lowest BCUT2D eigenvalue weighted by molar-refractivity contribution is -0.115. The van der Waals surface area contributed by atoms with Crippen molar-refractivity contribution in [2.75, 3.05) is 10.6 Å². The minimum absolute atomic E-state index is 0.105. The van der Waals surface area contributed by atoms with Crippen molar-refractivity contribution < 1.29 is 4.79 Å². The van der Waals surface area contributed by atoms with E-state index in [9.17, 15) is 4.79 Å². The molecule has 1 heterocycles. The zero-order valence-electron chi connectivity index (χ0n) is 10.9. The summed E-state index contributed by atoms with van der Waals surface area (Å²) in [5, 5.41) is 22.3. The van der Waals surface area contributed by atoms with E-state index in [2.05, 4.69) is 26.9 Å². The van der Waals surface area contributed by atoms with Crippen molar-refractivity contribution in [3.05, 3.63) is 42.0 Å². The Balaban J connectivity index is 2.03. The summed E-state index contributed by atoms with van der Waals surface area (Å²) in [7, 11) is 0. The molecule has 1 aromatic carbocycles. The molecule has 0 saturated carbocycles. The number of carbonyl (C=O) groups is 1. The lowest BCUT2D eigenvalue weighted by Crippen LogP contribution is -2.11. The molecule has 100 valence electrons. The third-order valence-electron chi connectivity index (χ3n) is 2.54. The molecule has 1 amide bonds. The van der Waals surface area contributed by atoms with Gasteiger partial charge in [-0.05, 0) is 36.4 Å². The second kappa shape index (κ2) is 6.29. The smallest absolute Gasteiger partial charge is 0.225 e. The van der Waals surface area contributed by atoms with Gasteiger partial charge in [0.15, 0.2) is 11.6 Å². The van der Waals surface area contributed by atoms with Crippen molar-refractivity contribution in [3.8, 4) is 6.07 Å². The maximum atomic E-state index is 11.2. The van der Waals surface area contributed by atoms with E-state index >= 15 is 0 Å². The minimum Gasteiger partial charge on any atom is -0.339 e. The van der Waals surface area contributed by atoms with Crippen LogP contribution in [0.4, 0.5) is 17.3 Å². The normalized spacial score (nSPS) is 9.60. The first-order valence-corrected chi connectivity index (χ1v) is 6.12. The molecule has 0 spiro atoms. The molecule has 0 atom stereocenters. The van der Waals surface area contributed by atoms with Crippen LogP contribution in [0.15, 0.2) is 36.4 Å². The van der Waals surface area contributed by atoms with Crippen LogP contribution in [0.1, 0.15) is 18.9 Å². The average molecular weight is 267 g/mol. The quantitative estimate of drug-likeness (QED) is 0.887. The summed E-state index contributed by atoms with van der Waals surface area (Å²) < 4.78 is 0. The molecule has 0 aliphatic rings. The molecular weight excluding hydrogens is 254 g/mol. The highest BCUT2D eigenvalue weighted by Crippen LogP contribution is 2.15. The monoisotopic (exact) mass is 267 g/mol. The maximum Gasteiger partial charge on any atom is 0.225 e. The van der Waals surface area contributed by atoms with Gasteiger partial charge in [-0.2, -0.15) is 5.26 Å². The Bertz CT molecular complexity index is 628. The van der Waals surface area contributed by atoms with Crippen LogP contribution in [-0.4, -0.2) is 16.1 Å². The Labute approximate surface area is 116 Å². The summed E-state index contributed by atoms with van der Waals surface area (Å²) in [6.07, 6.45) is 0.396. The van der Waals surface area contributed by atoms with E-state index in [-0.39, 0.29) is 5.91 Å². The van der Waals surface area contributed by atoms with Crippen molar-refractivity contribution in [1.82, 2.24) is 10.2 Å². The van der Waals surface area contributed by atoms with E-state index in [0.717, 1.165) is 5.69 Å². The van der Waals surface area contributed by atoms with E-state index in [0.29, 0.717) is 23.6 Å². The highest BCUT2D eigenvalue weighted by molar-refractivity contribution is 5.89. The van der Waals surface area contributed by atoms with Crippen LogP contribution in [-0.2, 0) is 4.79 Å². The molecule has 0 aliphatic carbocycles. The first-order valence-electron chi connectivity index (χ1n) is 6.12. The van der Waals surface area contributed by atoms with Gasteiger partial charge < -0.3 is 10.6 Å². The zero-order chi connectivity index (χ0) is 14.4. The summed E-state index contributed by atoms with van der Waals surface area (Å²) in [5.41, 5.74) is 1.41. The predicted octanol–water partition coefficient (Wildman–Crippen LogP) is 2.44. The van der Waals surface area contributed by atoms with Crippen molar-refractivity contribution in [2.45, 2.75) is 13.3 Å². The van der Waals surface area contributed by atoms with Gasteiger partial charge in [0.2, 0.25) is 5.91 Å². The highest BCUT2D eigenvalue weighted by atomic mass is 16.1. The Morgan fingerprint density at radius 2 is 1.80 bits per heavy atom.